The van der Waals surface area contributed by atoms with E-state index in [2.05, 4.69) is 17.1 Å². The van der Waals surface area contributed by atoms with Crippen molar-refractivity contribution in [2.75, 3.05) is 26.3 Å². The van der Waals surface area contributed by atoms with E-state index in [4.69, 9.17) is 4.74 Å². The largest absolute Gasteiger partial charge is 0.378 e. The third-order valence-corrected chi connectivity index (χ3v) is 3.88. The molecule has 0 unspecified atom stereocenters. The lowest BCUT2D eigenvalue weighted by molar-refractivity contribution is -0.384. The van der Waals surface area contributed by atoms with Crippen LogP contribution in [0, 0.1) is 10.1 Å². The maximum Gasteiger partial charge on any atom is 0.269 e. The molecular formula is C16H18N2O3. The lowest BCUT2D eigenvalue weighted by Gasteiger charge is -2.30. The van der Waals surface area contributed by atoms with Crippen LogP contribution in [0.4, 0.5) is 5.69 Å². The Kier molecular flexibility index (Phi) is 4.01. The van der Waals surface area contributed by atoms with Crippen LogP contribution < -0.4 is 0 Å². The van der Waals surface area contributed by atoms with Gasteiger partial charge in [-0.05, 0) is 42.2 Å². The number of non-ortho nitro benzene ring substituents is 1. The van der Waals surface area contributed by atoms with E-state index in [1.54, 1.807) is 24.3 Å². The van der Waals surface area contributed by atoms with Crippen molar-refractivity contribution in [1.82, 2.24) is 4.90 Å². The number of ether oxygens (including phenoxy) is 1. The third kappa shape index (κ3) is 3.13. The maximum atomic E-state index is 10.7. The Labute approximate surface area is 123 Å². The van der Waals surface area contributed by atoms with E-state index in [0.29, 0.717) is 0 Å². The molecule has 1 heterocycles. The van der Waals surface area contributed by atoms with Crippen molar-refractivity contribution in [2.24, 2.45) is 0 Å². The first-order valence-corrected chi connectivity index (χ1v) is 7.22. The van der Waals surface area contributed by atoms with Crippen molar-refractivity contribution in [3.05, 3.63) is 57.3 Å². The monoisotopic (exact) mass is 286 g/mol. The molecule has 0 aromatic heterocycles. The smallest absolute Gasteiger partial charge is 0.269 e. The van der Waals surface area contributed by atoms with Crippen molar-refractivity contribution in [1.29, 1.82) is 0 Å². The zero-order valence-electron chi connectivity index (χ0n) is 11.8. The molecule has 110 valence electrons. The molecule has 0 radical (unpaired) electrons. The molecule has 1 aromatic rings. The molecule has 0 amide bonds. The summed E-state index contributed by atoms with van der Waals surface area (Å²) in [6.07, 6.45) is 6.51. The van der Waals surface area contributed by atoms with Gasteiger partial charge in [0, 0.05) is 30.9 Å². The molecule has 0 spiro atoms. The Bertz CT molecular complexity index is 584. The number of rotatable bonds is 3. The summed E-state index contributed by atoms with van der Waals surface area (Å²) in [4.78, 5) is 12.7. The van der Waals surface area contributed by atoms with Crippen LogP contribution in [-0.2, 0) is 4.74 Å². The maximum absolute atomic E-state index is 10.7. The van der Waals surface area contributed by atoms with Gasteiger partial charge in [0.25, 0.3) is 5.69 Å². The highest BCUT2D eigenvalue weighted by atomic mass is 16.6. The highest BCUT2D eigenvalue weighted by Gasteiger charge is 2.20. The Morgan fingerprint density at radius 3 is 2.57 bits per heavy atom. The van der Waals surface area contributed by atoms with E-state index >= 15 is 0 Å². The average molecular weight is 286 g/mol. The SMILES string of the molecule is O=[N+]([O-])c1ccc(/C=C2/CCC=C2N2CCOCC2)cc1. The molecule has 0 saturated carbocycles. The van der Waals surface area contributed by atoms with Crippen LogP contribution in [0.3, 0.4) is 0 Å². The number of morpholine rings is 1. The van der Waals surface area contributed by atoms with Gasteiger partial charge in [-0.2, -0.15) is 0 Å². The van der Waals surface area contributed by atoms with E-state index in [0.717, 1.165) is 44.7 Å². The van der Waals surface area contributed by atoms with Crippen molar-refractivity contribution < 1.29 is 9.66 Å². The Balaban J connectivity index is 1.78. The molecular weight excluding hydrogens is 268 g/mol. The number of nitrogens with zero attached hydrogens (tertiary/aromatic N) is 2. The second-order valence-electron chi connectivity index (χ2n) is 5.25. The van der Waals surface area contributed by atoms with E-state index in [-0.39, 0.29) is 10.6 Å². The van der Waals surface area contributed by atoms with Gasteiger partial charge in [-0.1, -0.05) is 6.08 Å². The van der Waals surface area contributed by atoms with E-state index in [9.17, 15) is 10.1 Å². The molecule has 5 heteroatoms. The molecule has 1 aliphatic carbocycles. The predicted octanol–water partition coefficient (Wildman–Crippen LogP) is 2.99. The highest BCUT2D eigenvalue weighted by Crippen LogP contribution is 2.30. The molecule has 21 heavy (non-hydrogen) atoms. The summed E-state index contributed by atoms with van der Waals surface area (Å²) in [5.41, 5.74) is 3.76. The van der Waals surface area contributed by atoms with Crippen LogP contribution >= 0.6 is 0 Å². The second kappa shape index (κ2) is 6.10. The number of nitro groups is 1. The van der Waals surface area contributed by atoms with E-state index in [1.807, 2.05) is 0 Å². The van der Waals surface area contributed by atoms with Gasteiger partial charge in [-0.3, -0.25) is 10.1 Å². The van der Waals surface area contributed by atoms with Crippen molar-refractivity contribution >= 4 is 11.8 Å². The van der Waals surface area contributed by atoms with Crippen LogP contribution in [0.5, 0.6) is 0 Å². The van der Waals surface area contributed by atoms with Gasteiger partial charge in [0.1, 0.15) is 0 Å². The molecule has 1 fully saturated rings. The standard InChI is InChI=1S/C16H18N2O3/c19-18(20)15-6-4-13(5-7-15)12-14-2-1-3-16(14)17-8-10-21-11-9-17/h3-7,12H,1-2,8-11H2/b14-12-. The first-order chi connectivity index (χ1) is 10.2. The normalized spacial score (nSPS) is 20.7. The molecule has 3 rings (SSSR count). The summed E-state index contributed by atoms with van der Waals surface area (Å²) in [6.45, 7) is 3.43. The second-order valence-corrected chi connectivity index (χ2v) is 5.25. The molecule has 0 atom stereocenters. The van der Waals surface area contributed by atoms with Gasteiger partial charge < -0.3 is 9.64 Å². The Morgan fingerprint density at radius 2 is 1.90 bits per heavy atom. The predicted molar refractivity (Wildman–Crippen MR) is 80.8 cm³/mol. The topological polar surface area (TPSA) is 55.6 Å². The minimum Gasteiger partial charge on any atom is -0.378 e. The van der Waals surface area contributed by atoms with Gasteiger partial charge in [0.2, 0.25) is 0 Å². The first kappa shape index (κ1) is 13.8. The third-order valence-electron chi connectivity index (χ3n) is 3.88. The Morgan fingerprint density at radius 1 is 1.19 bits per heavy atom. The fraction of sp³-hybridized carbons (Fsp3) is 0.375. The molecule has 2 aliphatic rings. The van der Waals surface area contributed by atoms with Gasteiger partial charge in [0.15, 0.2) is 0 Å². The van der Waals surface area contributed by atoms with Crippen LogP contribution in [0.25, 0.3) is 6.08 Å². The number of nitro benzene ring substituents is 1. The zero-order valence-corrected chi connectivity index (χ0v) is 11.8. The number of benzene rings is 1. The fourth-order valence-corrected chi connectivity index (χ4v) is 2.80. The van der Waals surface area contributed by atoms with Crippen LogP contribution in [0.15, 0.2) is 41.6 Å². The molecule has 0 bridgehead atoms. The number of hydrogen-bond donors (Lipinski definition) is 0. The average Bonchev–Trinajstić information content (AvgIpc) is 2.97. The summed E-state index contributed by atoms with van der Waals surface area (Å²) in [5, 5.41) is 10.7. The summed E-state index contributed by atoms with van der Waals surface area (Å²) in [5.74, 6) is 0. The zero-order chi connectivity index (χ0) is 14.7. The van der Waals surface area contributed by atoms with E-state index < -0.39 is 0 Å². The van der Waals surface area contributed by atoms with E-state index in [1.165, 1.54) is 11.3 Å². The summed E-state index contributed by atoms with van der Waals surface area (Å²) in [7, 11) is 0. The quantitative estimate of drug-likeness (QED) is 0.633. The van der Waals surface area contributed by atoms with Gasteiger partial charge in [-0.25, -0.2) is 0 Å². The summed E-state index contributed by atoms with van der Waals surface area (Å²) < 4.78 is 5.40. The van der Waals surface area contributed by atoms with Crippen LogP contribution in [0.2, 0.25) is 0 Å². The van der Waals surface area contributed by atoms with Crippen LogP contribution in [-0.4, -0.2) is 36.1 Å². The van der Waals surface area contributed by atoms with Gasteiger partial charge in [0.05, 0.1) is 18.1 Å². The van der Waals surface area contributed by atoms with Crippen molar-refractivity contribution in [2.45, 2.75) is 12.8 Å². The van der Waals surface area contributed by atoms with Gasteiger partial charge in [-0.15, -0.1) is 0 Å². The molecule has 0 N–H and O–H groups in total. The molecule has 1 aromatic carbocycles. The van der Waals surface area contributed by atoms with Crippen molar-refractivity contribution in [3.8, 4) is 0 Å². The fourth-order valence-electron chi connectivity index (χ4n) is 2.80. The lowest BCUT2D eigenvalue weighted by atomic mass is 10.1. The van der Waals surface area contributed by atoms with Gasteiger partial charge >= 0.3 is 0 Å². The number of allylic oxidation sites excluding steroid dienone is 2. The highest BCUT2D eigenvalue weighted by molar-refractivity contribution is 5.60. The molecule has 1 aliphatic heterocycles. The lowest BCUT2D eigenvalue weighted by Crippen LogP contribution is -2.35. The minimum absolute atomic E-state index is 0.132. The molecule has 5 nitrogen and oxygen atoms in total. The Hall–Kier alpha value is -2.14. The summed E-state index contributed by atoms with van der Waals surface area (Å²) >= 11 is 0. The summed E-state index contributed by atoms with van der Waals surface area (Å²) in [6, 6.07) is 6.72. The van der Waals surface area contributed by atoms with Crippen LogP contribution in [0.1, 0.15) is 18.4 Å². The van der Waals surface area contributed by atoms with Crippen molar-refractivity contribution in [3.63, 3.8) is 0 Å². The minimum atomic E-state index is -0.369. The molecule has 1 saturated heterocycles. The number of hydrogen-bond acceptors (Lipinski definition) is 4. The first-order valence-electron chi connectivity index (χ1n) is 7.22.